The van der Waals surface area contributed by atoms with E-state index in [1.54, 1.807) is 12.1 Å². The number of hydrogen-bond acceptors (Lipinski definition) is 4. The first-order chi connectivity index (χ1) is 11.7. The Morgan fingerprint density at radius 2 is 1.88 bits per heavy atom. The minimum Gasteiger partial charge on any atom is -0.508 e. The summed E-state index contributed by atoms with van der Waals surface area (Å²) in [5.74, 6) is -0.0503. The third kappa shape index (κ3) is 2.97. The van der Waals surface area contributed by atoms with Gasteiger partial charge in [0.05, 0.1) is 13.2 Å². The fourth-order valence-electron chi connectivity index (χ4n) is 3.46. The van der Waals surface area contributed by atoms with Crippen LogP contribution in [0.5, 0.6) is 5.75 Å². The predicted molar refractivity (Wildman–Crippen MR) is 98.1 cm³/mol. The van der Waals surface area contributed by atoms with Crippen molar-refractivity contribution in [2.75, 3.05) is 7.11 Å². The maximum absolute atomic E-state index is 12.1. The molecule has 0 spiro atoms. The Labute approximate surface area is 151 Å². The summed E-state index contributed by atoms with van der Waals surface area (Å²) < 4.78 is 4.95. The number of phenols is 1. The molecule has 1 aliphatic heterocycles. The van der Waals surface area contributed by atoms with E-state index in [1.165, 1.54) is 7.11 Å². The first-order valence-corrected chi connectivity index (χ1v) is 7.89. The second-order valence-corrected chi connectivity index (χ2v) is 6.03. The van der Waals surface area contributed by atoms with Gasteiger partial charge < -0.3 is 14.8 Å². The number of ether oxygens (including phenoxy) is 1. The molecule has 0 aliphatic carbocycles. The lowest BCUT2D eigenvalue weighted by Gasteiger charge is -2.30. The number of hydrogen-bond donors (Lipinski definition) is 3. The Morgan fingerprint density at radius 1 is 1.16 bits per heavy atom. The molecule has 0 unspecified atom stereocenters. The summed E-state index contributed by atoms with van der Waals surface area (Å²) in [6.45, 7) is 0. The highest BCUT2D eigenvalue weighted by Gasteiger charge is 2.34. The molecule has 0 amide bonds. The Morgan fingerprint density at radius 3 is 2.60 bits per heavy atom. The number of nitrogens with one attached hydrogen (secondary N) is 2. The number of carbonyl (C=O) groups is 1. The second kappa shape index (κ2) is 6.78. The van der Waals surface area contributed by atoms with Crippen LogP contribution >= 0.6 is 12.4 Å². The first kappa shape index (κ1) is 17.3. The number of aromatic hydroxyl groups is 1. The first-order valence-electron chi connectivity index (χ1n) is 7.89. The summed E-state index contributed by atoms with van der Waals surface area (Å²) in [4.78, 5) is 15.6. The molecule has 2 atom stereocenters. The van der Waals surface area contributed by atoms with Crippen molar-refractivity contribution >= 4 is 29.3 Å². The lowest BCUT2D eigenvalue weighted by Crippen LogP contribution is -2.45. The molecule has 0 fully saturated rings. The summed E-state index contributed by atoms with van der Waals surface area (Å²) in [6.07, 6.45) is 0.584. The number of fused-ring (bicyclic) bond motifs is 3. The Kier molecular flexibility index (Phi) is 4.70. The fraction of sp³-hybridized carbons (Fsp3) is 0.211. The van der Waals surface area contributed by atoms with Crippen LogP contribution in [0, 0.1) is 0 Å². The molecular formula is C19H19ClN2O3. The van der Waals surface area contributed by atoms with Crippen molar-refractivity contribution in [3.8, 4) is 5.75 Å². The number of esters is 1. The fourth-order valence-corrected chi connectivity index (χ4v) is 3.46. The van der Waals surface area contributed by atoms with Gasteiger partial charge in [0.15, 0.2) is 0 Å². The average molecular weight is 359 g/mol. The molecular weight excluding hydrogens is 340 g/mol. The average Bonchev–Trinajstić information content (AvgIpc) is 2.99. The van der Waals surface area contributed by atoms with Crippen molar-refractivity contribution in [3.63, 3.8) is 0 Å². The summed E-state index contributed by atoms with van der Waals surface area (Å²) in [6, 6.07) is 14.6. The van der Waals surface area contributed by atoms with Crippen LogP contribution in [0.25, 0.3) is 10.9 Å². The zero-order valence-electron chi connectivity index (χ0n) is 13.7. The number of H-pyrrole nitrogens is 1. The Hall–Kier alpha value is -2.50. The normalized spacial score (nSPS) is 19.1. The monoisotopic (exact) mass is 358 g/mol. The van der Waals surface area contributed by atoms with Gasteiger partial charge in [-0.2, -0.15) is 0 Å². The largest absolute Gasteiger partial charge is 0.508 e. The highest BCUT2D eigenvalue weighted by atomic mass is 35.5. The maximum Gasteiger partial charge on any atom is 0.323 e. The van der Waals surface area contributed by atoms with Gasteiger partial charge in [0.1, 0.15) is 11.8 Å². The SMILES string of the molecule is COC(=O)[C@@H]1Cc2c([nH]c3ccccc23)[C@H](c2ccc(O)cc2)N1.Cl. The van der Waals surface area contributed by atoms with Gasteiger partial charge in [0, 0.05) is 23.0 Å². The molecule has 130 valence electrons. The third-order valence-electron chi connectivity index (χ3n) is 4.62. The van der Waals surface area contributed by atoms with Gasteiger partial charge in [0.2, 0.25) is 0 Å². The number of methoxy groups -OCH3 is 1. The minimum atomic E-state index is -0.402. The number of aromatic nitrogens is 1. The molecule has 25 heavy (non-hydrogen) atoms. The van der Waals surface area contributed by atoms with Crippen LogP contribution < -0.4 is 5.32 Å². The van der Waals surface area contributed by atoms with Crippen LogP contribution in [0.4, 0.5) is 0 Å². The van der Waals surface area contributed by atoms with E-state index < -0.39 is 6.04 Å². The lowest BCUT2D eigenvalue weighted by molar-refractivity contribution is -0.143. The quantitative estimate of drug-likeness (QED) is 0.615. The van der Waals surface area contributed by atoms with Crippen molar-refractivity contribution in [3.05, 3.63) is 65.4 Å². The van der Waals surface area contributed by atoms with E-state index >= 15 is 0 Å². The highest BCUT2D eigenvalue weighted by molar-refractivity contribution is 5.87. The lowest BCUT2D eigenvalue weighted by atomic mass is 9.90. The van der Waals surface area contributed by atoms with E-state index in [2.05, 4.69) is 16.4 Å². The number of rotatable bonds is 2. The van der Waals surface area contributed by atoms with Gasteiger partial charge in [-0.15, -0.1) is 12.4 Å². The van der Waals surface area contributed by atoms with Crippen molar-refractivity contribution in [2.24, 2.45) is 0 Å². The molecule has 4 rings (SSSR count). The Bertz CT molecular complexity index is 905. The molecule has 3 aromatic rings. The molecule has 0 saturated carbocycles. The van der Waals surface area contributed by atoms with E-state index in [1.807, 2.05) is 30.3 Å². The van der Waals surface area contributed by atoms with E-state index in [4.69, 9.17) is 4.74 Å². The van der Waals surface area contributed by atoms with E-state index in [0.717, 1.165) is 27.7 Å². The maximum atomic E-state index is 12.1. The summed E-state index contributed by atoms with van der Waals surface area (Å²) in [5, 5.41) is 14.0. The van der Waals surface area contributed by atoms with E-state index in [0.29, 0.717) is 6.42 Å². The van der Waals surface area contributed by atoms with Crippen LogP contribution in [0.15, 0.2) is 48.5 Å². The highest BCUT2D eigenvalue weighted by Crippen LogP contribution is 2.35. The number of para-hydroxylation sites is 1. The smallest absolute Gasteiger partial charge is 0.323 e. The Balaban J connectivity index is 0.00000182. The number of halogens is 1. The molecule has 2 aromatic carbocycles. The molecule has 6 heteroatoms. The molecule has 1 aliphatic rings. The van der Waals surface area contributed by atoms with E-state index in [-0.39, 0.29) is 30.2 Å². The molecule has 3 N–H and O–H groups in total. The number of benzene rings is 2. The zero-order chi connectivity index (χ0) is 16.7. The summed E-state index contributed by atoms with van der Waals surface area (Å²) in [7, 11) is 1.41. The molecule has 0 radical (unpaired) electrons. The van der Waals surface area contributed by atoms with Gasteiger partial charge in [-0.05, 0) is 29.3 Å². The van der Waals surface area contributed by atoms with Crippen molar-refractivity contribution in [2.45, 2.75) is 18.5 Å². The van der Waals surface area contributed by atoms with Crippen LogP contribution in [0.3, 0.4) is 0 Å². The van der Waals surface area contributed by atoms with Crippen LogP contribution in [-0.2, 0) is 16.0 Å². The predicted octanol–water partition coefficient (Wildman–Crippen LogP) is 3.07. The molecule has 5 nitrogen and oxygen atoms in total. The van der Waals surface area contributed by atoms with Gasteiger partial charge in [0.25, 0.3) is 0 Å². The van der Waals surface area contributed by atoms with Gasteiger partial charge in [-0.3, -0.25) is 10.1 Å². The number of phenolic OH excluding ortho intramolecular Hbond substituents is 1. The topological polar surface area (TPSA) is 74.4 Å². The van der Waals surface area contributed by atoms with Crippen molar-refractivity contribution < 1.29 is 14.6 Å². The van der Waals surface area contributed by atoms with Gasteiger partial charge in [-0.25, -0.2) is 0 Å². The third-order valence-corrected chi connectivity index (χ3v) is 4.62. The van der Waals surface area contributed by atoms with E-state index in [9.17, 15) is 9.90 Å². The minimum absolute atomic E-state index is 0. The van der Waals surface area contributed by atoms with Crippen molar-refractivity contribution in [1.29, 1.82) is 0 Å². The molecule has 0 bridgehead atoms. The summed E-state index contributed by atoms with van der Waals surface area (Å²) >= 11 is 0. The molecule has 1 aromatic heterocycles. The van der Waals surface area contributed by atoms with Gasteiger partial charge in [-0.1, -0.05) is 30.3 Å². The van der Waals surface area contributed by atoms with Gasteiger partial charge >= 0.3 is 5.97 Å². The van der Waals surface area contributed by atoms with Crippen molar-refractivity contribution in [1.82, 2.24) is 10.3 Å². The second-order valence-electron chi connectivity index (χ2n) is 6.03. The zero-order valence-corrected chi connectivity index (χ0v) is 14.5. The number of aromatic amines is 1. The standard InChI is InChI=1S/C19H18N2O3.ClH/c1-24-19(23)16-10-14-13-4-2-3-5-15(13)20-18(14)17(21-16)11-6-8-12(22)9-7-11;/h2-9,16-17,20-22H,10H2,1H3;1H/t16-,17-;/m0./s1. The molecule has 0 saturated heterocycles. The molecule has 2 heterocycles. The van der Waals surface area contributed by atoms with Crippen LogP contribution in [-0.4, -0.2) is 29.2 Å². The summed E-state index contributed by atoms with van der Waals surface area (Å²) in [5.41, 5.74) is 4.23. The van der Waals surface area contributed by atoms with Crippen LogP contribution in [0.1, 0.15) is 22.9 Å². The van der Waals surface area contributed by atoms with Crippen LogP contribution in [0.2, 0.25) is 0 Å². The number of carbonyl (C=O) groups excluding carboxylic acids is 1.